The van der Waals surface area contributed by atoms with Crippen molar-refractivity contribution in [3.8, 4) is 0 Å². The Labute approximate surface area is 117 Å². The summed E-state index contributed by atoms with van der Waals surface area (Å²) >= 11 is 0. The van der Waals surface area contributed by atoms with Crippen LogP contribution in [0.15, 0.2) is 12.7 Å². The molecule has 1 aliphatic heterocycles. The SMILES string of the molecule is C=CCCC(=O)N1CCN(C[C@H](O)C(C)(C)C)CC1. The Balaban J connectivity index is 2.33. The summed E-state index contributed by atoms with van der Waals surface area (Å²) in [6, 6.07) is 0. The normalized spacial score (nSPS) is 19.3. The molecule has 1 saturated heterocycles. The number of nitrogens with zero attached hydrogens (tertiary/aromatic N) is 2. The van der Waals surface area contributed by atoms with E-state index in [1.54, 1.807) is 6.08 Å². The smallest absolute Gasteiger partial charge is 0.222 e. The number of hydrogen-bond donors (Lipinski definition) is 1. The third kappa shape index (κ3) is 5.33. The van der Waals surface area contributed by atoms with Crippen molar-refractivity contribution in [3.63, 3.8) is 0 Å². The third-order valence-corrected chi connectivity index (χ3v) is 3.72. The van der Waals surface area contributed by atoms with Crippen LogP contribution in [-0.2, 0) is 4.79 Å². The third-order valence-electron chi connectivity index (χ3n) is 3.72. The molecule has 110 valence electrons. The summed E-state index contributed by atoms with van der Waals surface area (Å²) in [5.74, 6) is 0.218. The van der Waals surface area contributed by atoms with Crippen LogP contribution < -0.4 is 0 Å². The van der Waals surface area contributed by atoms with Crippen molar-refractivity contribution in [2.75, 3.05) is 32.7 Å². The van der Waals surface area contributed by atoms with Gasteiger partial charge >= 0.3 is 0 Å². The molecule has 0 saturated carbocycles. The van der Waals surface area contributed by atoms with Gasteiger partial charge < -0.3 is 10.0 Å². The Bertz CT molecular complexity index is 302. The van der Waals surface area contributed by atoms with E-state index < -0.39 is 0 Å². The highest BCUT2D eigenvalue weighted by molar-refractivity contribution is 5.76. The van der Waals surface area contributed by atoms with E-state index in [0.29, 0.717) is 13.0 Å². The molecule has 1 fully saturated rings. The lowest BCUT2D eigenvalue weighted by Crippen LogP contribution is -2.51. The van der Waals surface area contributed by atoms with Gasteiger partial charge in [0.15, 0.2) is 0 Å². The summed E-state index contributed by atoms with van der Waals surface area (Å²) in [5, 5.41) is 10.1. The van der Waals surface area contributed by atoms with Crippen LogP contribution in [0.25, 0.3) is 0 Å². The average Bonchev–Trinajstić information content (AvgIpc) is 2.35. The van der Waals surface area contributed by atoms with E-state index in [1.807, 2.05) is 25.7 Å². The number of hydrogen-bond acceptors (Lipinski definition) is 3. The lowest BCUT2D eigenvalue weighted by molar-refractivity contribution is -0.133. The Kier molecular flexibility index (Phi) is 6.01. The highest BCUT2D eigenvalue weighted by Crippen LogP contribution is 2.20. The molecule has 0 aliphatic carbocycles. The van der Waals surface area contributed by atoms with Crippen molar-refractivity contribution < 1.29 is 9.90 Å². The molecule has 0 unspecified atom stereocenters. The average molecular weight is 268 g/mol. The number of β-amino-alcohol motifs (C(OH)–C–C–N with tert-alkyl or cyclic N) is 1. The second-order valence-electron chi connectivity index (χ2n) is 6.39. The Hall–Kier alpha value is -0.870. The molecule has 1 heterocycles. The van der Waals surface area contributed by atoms with Gasteiger partial charge in [0.2, 0.25) is 5.91 Å². The standard InChI is InChI=1S/C15H28N2O2/c1-5-6-7-14(19)17-10-8-16(9-11-17)12-13(18)15(2,3)4/h5,13,18H,1,6-12H2,2-4H3/t13-/m0/s1. The van der Waals surface area contributed by atoms with Gasteiger partial charge in [-0.2, -0.15) is 0 Å². The predicted molar refractivity (Wildman–Crippen MR) is 77.9 cm³/mol. The van der Waals surface area contributed by atoms with Gasteiger partial charge in [-0.1, -0.05) is 26.8 Å². The molecule has 0 aromatic rings. The number of allylic oxidation sites excluding steroid dienone is 1. The molecule has 1 aliphatic rings. The van der Waals surface area contributed by atoms with Crippen molar-refractivity contribution >= 4 is 5.91 Å². The highest BCUT2D eigenvalue weighted by atomic mass is 16.3. The van der Waals surface area contributed by atoms with Crippen LogP contribution in [-0.4, -0.2) is 59.6 Å². The van der Waals surface area contributed by atoms with Gasteiger partial charge in [-0.05, 0) is 11.8 Å². The predicted octanol–water partition coefficient (Wildman–Crippen LogP) is 1.50. The van der Waals surface area contributed by atoms with Crippen molar-refractivity contribution in [1.29, 1.82) is 0 Å². The van der Waals surface area contributed by atoms with Crippen LogP contribution >= 0.6 is 0 Å². The first-order chi connectivity index (χ1) is 8.84. The molecular weight excluding hydrogens is 240 g/mol. The second-order valence-corrected chi connectivity index (χ2v) is 6.39. The monoisotopic (exact) mass is 268 g/mol. The summed E-state index contributed by atoms with van der Waals surface area (Å²) in [7, 11) is 0. The Morgan fingerprint density at radius 3 is 2.37 bits per heavy atom. The first-order valence-electron chi connectivity index (χ1n) is 7.13. The zero-order valence-corrected chi connectivity index (χ0v) is 12.6. The van der Waals surface area contributed by atoms with Gasteiger partial charge in [0.25, 0.3) is 0 Å². The minimum Gasteiger partial charge on any atom is -0.391 e. The van der Waals surface area contributed by atoms with Gasteiger partial charge in [0, 0.05) is 39.1 Å². The lowest BCUT2D eigenvalue weighted by atomic mass is 9.89. The number of rotatable bonds is 5. The number of aliphatic hydroxyl groups excluding tert-OH is 1. The number of carbonyl (C=O) groups excluding carboxylic acids is 1. The maximum Gasteiger partial charge on any atom is 0.222 e. The Morgan fingerprint density at radius 1 is 1.32 bits per heavy atom. The molecule has 4 heteroatoms. The van der Waals surface area contributed by atoms with Crippen molar-refractivity contribution in [3.05, 3.63) is 12.7 Å². The fraction of sp³-hybridized carbons (Fsp3) is 0.800. The van der Waals surface area contributed by atoms with Crippen LogP contribution in [0.4, 0.5) is 0 Å². The number of aliphatic hydroxyl groups is 1. The molecule has 1 atom stereocenters. The molecule has 1 amide bonds. The minimum absolute atomic E-state index is 0.0864. The van der Waals surface area contributed by atoms with Crippen molar-refractivity contribution in [2.24, 2.45) is 5.41 Å². The second kappa shape index (κ2) is 7.06. The molecule has 19 heavy (non-hydrogen) atoms. The van der Waals surface area contributed by atoms with Gasteiger partial charge in [-0.25, -0.2) is 0 Å². The van der Waals surface area contributed by atoms with E-state index in [9.17, 15) is 9.90 Å². The topological polar surface area (TPSA) is 43.8 Å². The zero-order chi connectivity index (χ0) is 14.5. The maximum absolute atomic E-state index is 11.9. The van der Waals surface area contributed by atoms with E-state index in [4.69, 9.17) is 0 Å². The van der Waals surface area contributed by atoms with Crippen LogP contribution in [0.1, 0.15) is 33.6 Å². The maximum atomic E-state index is 11.9. The lowest BCUT2D eigenvalue weighted by Gasteiger charge is -2.38. The van der Waals surface area contributed by atoms with Gasteiger partial charge in [0.1, 0.15) is 0 Å². The Morgan fingerprint density at radius 2 is 1.89 bits per heavy atom. The first-order valence-corrected chi connectivity index (χ1v) is 7.13. The molecule has 4 nitrogen and oxygen atoms in total. The van der Waals surface area contributed by atoms with E-state index >= 15 is 0 Å². The summed E-state index contributed by atoms with van der Waals surface area (Å²) < 4.78 is 0. The van der Waals surface area contributed by atoms with Crippen LogP contribution in [0.2, 0.25) is 0 Å². The van der Waals surface area contributed by atoms with Crippen LogP contribution in [0.5, 0.6) is 0 Å². The largest absolute Gasteiger partial charge is 0.391 e. The fourth-order valence-corrected chi connectivity index (χ4v) is 2.08. The summed E-state index contributed by atoms with van der Waals surface area (Å²) in [6.45, 7) is 13.7. The summed E-state index contributed by atoms with van der Waals surface area (Å²) in [4.78, 5) is 16.0. The molecule has 1 rings (SSSR count). The number of carbonyl (C=O) groups is 1. The minimum atomic E-state index is -0.324. The molecule has 0 aromatic carbocycles. The summed E-state index contributed by atoms with van der Waals surface area (Å²) in [6.07, 6.45) is 2.78. The van der Waals surface area contributed by atoms with E-state index in [-0.39, 0.29) is 17.4 Å². The molecule has 0 radical (unpaired) electrons. The quantitative estimate of drug-likeness (QED) is 0.769. The number of amides is 1. The first kappa shape index (κ1) is 16.2. The number of piperazine rings is 1. The fourth-order valence-electron chi connectivity index (χ4n) is 2.08. The molecule has 0 spiro atoms. The van der Waals surface area contributed by atoms with Gasteiger partial charge in [0.05, 0.1) is 6.10 Å². The highest BCUT2D eigenvalue weighted by Gasteiger charge is 2.27. The van der Waals surface area contributed by atoms with Crippen LogP contribution in [0.3, 0.4) is 0 Å². The molecule has 1 N–H and O–H groups in total. The van der Waals surface area contributed by atoms with E-state index in [0.717, 1.165) is 32.6 Å². The van der Waals surface area contributed by atoms with Gasteiger partial charge in [-0.3, -0.25) is 9.69 Å². The van der Waals surface area contributed by atoms with Crippen molar-refractivity contribution in [2.45, 2.75) is 39.7 Å². The van der Waals surface area contributed by atoms with Crippen molar-refractivity contribution in [1.82, 2.24) is 9.80 Å². The molecule has 0 bridgehead atoms. The molecule has 0 aromatic heterocycles. The van der Waals surface area contributed by atoms with Gasteiger partial charge in [-0.15, -0.1) is 6.58 Å². The van der Waals surface area contributed by atoms with E-state index in [2.05, 4.69) is 11.5 Å². The molecular formula is C15H28N2O2. The van der Waals surface area contributed by atoms with E-state index in [1.165, 1.54) is 0 Å². The zero-order valence-electron chi connectivity index (χ0n) is 12.6. The van der Waals surface area contributed by atoms with Crippen LogP contribution in [0, 0.1) is 5.41 Å². The summed E-state index contributed by atoms with van der Waals surface area (Å²) in [5.41, 5.74) is -0.0864.